The number of ether oxygens (including phenoxy) is 3. The number of likely N-dealkylation sites (N-methyl/N-ethyl adjacent to an activating group) is 1. The molecule has 1 saturated heterocycles. The molecule has 1 aliphatic rings. The van der Waals surface area contributed by atoms with E-state index < -0.39 is 0 Å². The molecule has 1 fully saturated rings. The van der Waals surface area contributed by atoms with Crippen LogP contribution in [-0.2, 0) is 19.0 Å². The van der Waals surface area contributed by atoms with Gasteiger partial charge in [-0.25, -0.2) is 0 Å². The van der Waals surface area contributed by atoms with Gasteiger partial charge in [-0.1, -0.05) is 0 Å². The number of carbonyl (C=O) groups excluding carboxylic acids is 1. The minimum Gasteiger partial charge on any atom is -0.378 e. The van der Waals surface area contributed by atoms with Crippen LogP contribution in [0.3, 0.4) is 0 Å². The minimum atomic E-state index is 0.172. The van der Waals surface area contributed by atoms with Gasteiger partial charge in [0.25, 0.3) is 0 Å². The summed E-state index contributed by atoms with van der Waals surface area (Å²) in [6, 6.07) is 0. The van der Waals surface area contributed by atoms with Crippen molar-refractivity contribution in [1.82, 2.24) is 9.80 Å². The molecule has 0 spiro atoms. The summed E-state index contributed by atoms with van der Waals surface area (Å²) in [4.78, 5) is 16.1. The summed E-state index contributed by atoms with van der Waals surface area (Å²) in [7, 11) is 0. The van der Waals surface area contributed by atoms with Gasteiger partial charge < -0.3 is 19.1 Å². The summed E-state index contributed by atoms with van der Waals surface area (Å²) in [5.74, 6) is 0.172. The van der Waals surface area contributed by atoms with Crippen LogP contribution in [0.2, 0.25) is 0 Å². The molecule has 0 unspecified atom stereocenters. The van der Waals surface area contributed by atoms with Crippen LogP contribution in [0.1, 0.15) is 13.8 Å². The second-order valence-electron chi connectivity index (χ2n) is 4.68. The quantitative estimate of drug-likeness (QED) is 0.741. The Morgan fingerprint density at radius 2 is 1.35 bits per heavy atom. The van der Waals surface area contributed by atoms with Gasteiger partial charge in [-0.3, -0.25) is 9.69 Å². The van der Waals surface area contributed by atoms with Crippen molar-refractivity contribution in [2.75, 3.05) is 72.4 Å². The van der Waals surface area contributed by atoms with Gasteiger partial charge in [0.2, 0.25) is 5.91 Å². The fourth-order valence-corrected chi connectivity index (χ4v) is 2.07. The zero-order chi connectivity index (χ0) is 14.6. The van der Waals surface area contributed by atoms with Gasteiger partial charge in [-0.05, 0) is 13.8 Å². The number of rotatable bonds is 4. The molecule has 0 aromatic carbocycles. The van der Waals surface area contributed by atoms with E-state index in [-0.39, 0.29) is 5.91 Å². The smallest absolute Gasteiger partial charge is 0.236 e. The number of carbonyl (C=O) groups is 1. The molecule has 6 nitrogen and oxygen atoms in total. The molecular formula is C14H28N2O4. The van der Waals surface area contributed by atoms with E-state index in [0.29, 0.717) is 46.2 Å². The maximum atomic E-state index is 12.1. The van der Waals surface area contributed by atoms with E-state index >= 15 is 0 Å². The van der Waals surface area contributed by atoms with Crippen molar-refractivity contribution in [3.05, 3.63) is 0 Å². The second-order valence-corrected chi connectivity index (χ2v) is 4.68. The summed E-state index contributed by atoms with van der Waals surface area (Å²) in [5, 5.41) is 0. The Kier molecular flexibility index (Phi) is 9.57. The molecule has 0 aliphatic carbocycles. The number of hydrogen-bond donors (Lipinski definition) is 0. The minimum absolute atomic E-state index is 0.172. The van der Waals surface area contributed by atoms with Gasteiger partial charge in [0.1, 0.15) is 0 Å². The normalized spacial score (nSPS) is 19.9. The molecule has 0 saturated carbocycles. The van der Waals surface area contributed by atoms with Crippen LogP contribution in [0.5, 0.6) is 0 Å². The lowest BCUT2D eigenvalue weighted by molar-refractivity contribution is -0.132. The fraction of sp³-hybridized carbons (Fsp3) is 0.929. The van der Waals surface area contributed by atoms with Crippen molar-refractivity contribution in [2.24, 2.45) is 0 Å². The van der Waals surface area contributed by atoms with Gasteiger partial charge in [0.15, 0.2) is 0 Å². The summed E-state index contributed by atoms with van der Waals surface area (Å²) in [5.41, 5.74) is 0. The molecular weight excluding hydrogens is 260 g/mol. The van der Waals surface area contributed by atoms with Crippen molar-refractivity contribution in [2.45, 2.75) is 13.8 Å². The van der Waals surface area contributed by atoms with Crippen molar-refractivity contribution >= 4 is 5.91 Å². The van der Waals surface area contributed by atoms with Crippen molar-refractivity contribution in [1.29, 1.82) is 0 Å². The highest BCUT2D eigenvalue weighted by Crippen LogP contribution is 1.96. The standard InChI is InChI=1S/C14H28N2O4/c1-3-16(4-2)14(17)13-15-5-7-18-9-11-20-12-10-19-8-6-15/h3-13H2,1-2H3. The van der Waals surface area contributed by atoms with Crippen LogP contribution in [0.25, 0.3) is 0 Å². The van der Waals surface area contributed by atoms with Crippen molar-refractivity contribution < 1.29 is 19.0 Å². The number of nitrogens with zero attached hydrogens (tertiary/aromatic N) is 2. The van der Waals surface area contributed by atoms with Gasteiger partial charge in [0, 0.05) is 26.2 Å². The van der Waals surface area contributed by atoms with Crippen LogP contribution in [-0.4, -0.2) is 88.1 Å². The fourth-order valence-electron chi connectivity index (χ4n) is 2.07. The van der Waals surface area contributed by atoms with Crippen molar-refractivity contribution in [3.8, 4) is 0 Å². The molecule has 1 rings (SSSR count). The van der Waals surface area contributed by atoms with Gasteiger partial charge in [-0.2, -0.15) is 0 Å². The molecule has 0 radical (unpaired) electrons. The van der Waals surface area contributed by atoms with Gasteiger partial charge >= 0.3 is 0 Å². The molecule has 6 heteroatoms. The Morgan fingerprint density at radius 1 is 0.900 bits per heavy atom. The molecule has 1 amide bonds. The zero-order valence-electron chi connectivity index (χ0n) is 12.8. The Hall–Kier alpha value is -0.690. The van der Waals surface area contributed by atoms with Crippen LogP contribution >= 0.6 is 0 Å². The maximum absolute atomic E-state index is 12.1. The Labute approximate surface area is 121 Å². The number of hydrogen-bond acceptors (Lipinski definition) is 5. The topological polar surface area (TPSA) is 51.2 Å². The first-order valence-electron chi connectivity index (χ1n) is 7.51. The van der Waals surface area contributed by atoms with Gasteiger partial charge in [0.05, 0.1) is 46.2 Å². The molecule has 0 aromatic rings. The second kappa shape index (κ2) is 11.0. The third kappa shape index (κ3) is 7.19. The Bertz CT molecular complexity index is 248. The third-order valence-corrected chi connectivity index (χ3v) is 3.32. The van der Waals surface area contributed by atoms with E-state index in [2.05, 4.69) is 4.90 Å². The summed E-state index contributed by atoms with van der Waals surface area (Å²) in [6.45, 7) is 11.1. The molecule has 0 N–H and O–H groups in total. The molecule has 118 valence electrons. The van der Waals surface area contributed by atoms with Crippen LogP contribution < -0.4 is 0 Å². The highest BCUT2D eigenvalue weighted by molar-refractivity contribution is 5.78. The first-order chi connectivity index (χ1) is 9.77. The first kappa shape index (κ1) is 17.4. The number of amides is 1. The lowest BCUT2D eigenvalue weighted by atomic mass is 10.4. The zero-order valence-corrected chi connectivity index (χ0v) is 12.8. The van der Waals surface area contributed by atoms with E-state index in [1.165, 1.54) is 0 Å². The third-order valence-electron chi connectivity index (χ3n) is 3.32. The molecule has 1 heterocycles. The molecule has 0 atom stereocenters. The summed E-state index contributed by atoms with van der Waals surface area (Å²) in [6.07, 6.45) is 0. The molecule has 20 heavy (non-hydrogen) atoms. The van der Waals surface area contributed by atoms with Crippen LogP contribution in [0, 0.1) is 0 Å². The predicted octanol–water partition coefficient (Wildman–Crippen LogP) is 0.220. The lowest BCUT2D eigenvalue weighted by Crippen LogP contribution is -2.42. The highest BCUT2D eigenvalue weighted by Gasteiger charge is 2.15. The largest absolute Gasteiger partial charge is 0.378 e. The lowest BCUT2D eigenvalue weighted by Gasteiger charge is -2.26. The Balaban J connectivity index is 2.39. The molecule has 1 aliphatic heterocycles. The predicted molar refractivity (Wildman–Crippen MR) is 76.8 cm³/mol. The Morgan fingerprint density at radius 3 is 1.80 bits per heavy atom. The molecule has 0 bridgehead atoms. The van der Waals surface area contributed by atoms with Crippen LogP contribution in [0.15, 0.2) is 0 Å². The first-order valence-corrected chi connectivity index (χ1v) is 7.51. The van der Waals surface area contributed by atoms with E-state index in [1.807, 2.05) is 18.7 Å². The van der Waals surface area contributed by atoms with Crippen LogP contribution in [0.4, 0.5) is 0 Å². The highest BCUT2D eigenvalue weighted by atomic mass is 16.5. The van der Waals surface area contributed by atoms with E-state index in [9.17, 15) is 4.79 Å². The van der Waals surface area contributed by atoms with E-state index in [0.717, 1.165) is 26.2 Å². The summed E-state index contributed by atoms with van der Waals surface area (Å²) >= 11 is 0. The SMILES string of the molecule is CCN(CC)C(=O)CN1CCOCCOCCOCC1. The van der Waals surface area contributed by atoms with Gasteiger partial charge in [-0.15, -0.1) is 0 Å². The van der Waals surface area contributed by atoms with E-state index in [1.54, 1.807) is 0 Å². The average molecular weight is 288 g/mol. The van der Waals surface area contributed by atoms with E-state index in [4.69, 9.17) is 14.2 Å². The summed E-state index contributed by atoms with van der Waals surface area (Å²) < 4.78 is 16.3. The maximum Gasteiger partial charge on any atom is 0.236 e. The average Bonchev–Trinajstić information content (AvgIpc) is 2.43. The monoisotopic (exact) mass is 288 g/mol. The molecule has 0 aromatic heterocycles. The van der Waals surface area contributed by atoms with Crippen molar-refractivity contribution in [3.63, 3.8) is 0 Å².